The molecule has 1 saturated carbocycles. The lowest BCUT2D eigenvalue weighted by molar-refractivity contribution is -0.137. The van der Waals surface area contributed by atoms with E-state index in [9.17, 15) is 9.59 Å². The van der Waals surface area contributed by atoms with Gasteiger partial charge < -0.3 is 20.1 Å². The summed E-state index contributed by atoms with van der Waals surface area (Å²) in [5.41, 5.74) is 0. The van der Waals surface area contributed by atoms with Crippen LogP contribution in [-0.4, -0.2) is 54.4 Å². The number of aliphatic carboxylic acids is 1. The smallest absolute Gasteiger partial charge is 0.317 e. The molecule has 18 heavy (non-hydrogen) atoms. The van der Waals surface area contributed by atoms with Crippen LogP contribution in [-0.2, 0) is 9.53 Å². The van der Waals surface area contributed by atoms with Crippen LogP contribution in [0.2, 0.25) is 0 Å². The average molecular weight is 258 g/mol. The summed E-state index contributed by atoms with van der Waals surface area (Å²) in [6, 6.07) is -0.0400. The fraction of sp³-hybridized carbons (Fsp3) is 0.833. The zero-order valence-electron chi connectivity index (χ0n) is 11.0. The number of nitrogens with one attached hydrogen (secondary N) is 1. The molecular weight excluding hydrogens is 236 g/mol. The monoisotopic (exact) mass is 258 g/mol. The van der Waals surface area contributed by atoms with Gasteiger partial charge in [0.2, 0.25) is 0 Å². The molecule has 104 valence electrons. The molecule has 0 aliphatic heterocycles. The number of urea groups is 1. The highest BCUT2D eigenvalue weighted by atomic mass is 16.5. The van der Waals surface area contributed by atoms with E-state index in [1.54, 1.807) is 7.11 Å². The van der Waals surface area contributed by atoms with Crippen molar-refractivity contribution in [1.82, 2.24) is 10.2 Å². The zero-order chi connectivity index (χ0) is 13.5. The number of carboxylic acids is 1. The third-order valence-corrected chi connectivity index (χ3v) is 3.31. The Morgan fingerprint density at radius 1 is 1.44 bits per heavy atom. The van der Waals surface area contributed by atoms with Crippen molar-refractivity contribution in [1.29, 1.82) is 0 Å². The summed E-state index contributed by atoms with van der Waals surface area (Å²) in [6.07, 6.45) is 2.92. The first-order chi connectivity index (χ1) is 8.56. The Labute approximate surface area is 107 Å². The van der Waals surface area contributed by atoms with Gasteiger partial charge >= 0.3 is 12.0 Å². The van der Waals surface area contributed by atoms with E-state index < -0.39 is 5.97 Å². The number of rotatable bonds is 6. The molecule has 1 aliphatic rings. The minimum absolute atomic E-state index is 0.0212. The van der Waals surface area contributed by atoms with E-state index in [1.165, 1.54) is 4.90 Å². The Hall–Kier alpha value is -1.30. The van der Waals surface area contributed by atoms with E-state index in [2.05, 4.69) is 5.32 Å². The number of carboxylic acid groups (broad SMARTS) is 1. The van der Waals surface area contributed by atoms with Gasteiger partial charge in [-0.2, -0.15) is 0 Å². The number of nitrogens with zero attached hydrogens (tertiary/aromatic N) is 1. The predicted molar refractivity (Wildman–Crippen MR) is 66.5 cm³/mol. The normalized spacial score (nSPS) is 22.8. The summed E-state index contributed by atoms with van der Waals surface area (Å²) in [7, 11) is 1.68. The Balaban J connectivity index is 2.35. The molecule has 1 fully saturated rings. The molecule has 0 aromatic heterocycles. The van der Waals surface area contributed by atoms with Crippen molar-refractivity contribution in [3.05, 3.63) is 0 Å². The molecule has 1 rings (SSSR count). The van der Waals surface area contributed by atoms with Crippen molar-refractivity contribution >= 4 is 12.0 Å². The van der Waals surface area contributed by atoms with E-state index >= 15 is 0 Å². The van der Waals surface area contributed by atoms with Crippen LogP contribution < -0.4 is 5.32 Å². The first-order valence-corrected chi connectivity index (χ1v) is 6.36. The van der Waals surface area contributed by atoms with Crippen molar-refractivity contribution in [3.63, 3.8) is 0 Å². The van der Waals surface area contributed by atoms with Crippen LogP contribution in [0.1, 0.15) is 32.6 Å². The maximum absolute atomic E-state index is 11.9. The molecule has 6 heteroatoms. The quantitative estimate of drug-likeness (QED) is 0.746. The Morgan fingerprint density at radius 3 is 2.67 bits per heavy atom. The lowest BCUT2D eigenvalue weighted by Crippen LogP contribution is -2.44. The van der Waals surface area contributed by atoms with Gasteiger partial charge in [-0.3, -0.25) is 4.79 Å². The van der Waals surface area contributed by atoms with Crippen LogP contribution in [0.25, 0.3) is 0 Å². The highest BCUT2D eigenvalue weighted by Crippen LogP contribution is 2.21. The number of hydrogen-bond acceptors (Lipinski definition) is 3. The van der Waals surface area contributed by atoms with E-state index in [1.807, 2.05) is 6.92 Å². The number of methoxy groups -OCH3 is 1. The first-order valence-electron chi connectivity index (χ1n) is 6.36. The highest BCUT2D eigenvalue weighted by Gasteiger charge is 2.26. The molecule has 0 saturated heterocycles. The van der Waals surface area contributed by atoms with Gasteiger partial charge in [-0.25, -0.2) is 4.79 Å². The molecular formula is C12H22N2O4. The molecule has 0 aromatic carbocycles. The number of carbonyl (C=O) groups excluding carboxylic acids is 1. The van der Waals surface area contributed by atoms with Gasteiger partial charge in [0.15, 0.2) is 0 Å². The summed E-state index contributed by atoms with van der Waals surface area (Å²) >= 11 is 0. The number of hydrogen-bond donors (Lipinski definition) is 2. The standard InChI is InChI=1S/C12H22N2O4/c1-3-14(7-6-11(15)16)12(17)13-9-4-5-10(8-9)18-2/h9-10H,3-8H2,1-2H3,(H,13,17)(H,15,16). The van der Waals surface area contributed by atoms with Crippen LogP contribution in [0, 0.1) is 0 Å². The molecule has 1 aliphatic carbocycles. The van der Waals surface area contributed by atoms with E-state index in [0.29, 0.717) is 6.54 Å². The van der Waals surface area contributed by atoms with Gasteiger partial charge in [-0.1, -0.05) is 0 Å². The Morgan fingerprint density at radius 2 is 2.17 bits per heavy atom. The minimum atomic E-state index is -0.887. The number of carbonyl (C=O) groups is 2. The third-order valence-electron chi connectivity index (χ3n) is 3.31. The molecule has 2 N–H and O–H groups in total. The number of ether oxygens (including phenoxy) is 1. The molecule has 2 atom stereocenters. The molecule has 0 aromatic rings. The van der Waals surface area contributed by atoms with Gasteiger partial charge in [0.05, 0.1) is 12.5 Å². The van der Waals surface area contributed by atoms with E-state index in [0.717, 1.165) is 19.3 Å². The Kier molecular flexibility index (Phi) is 5.91. The van der Waals surface area contributed by atoms with Gasteiger partial charge in [0, 0.05) is 26.2 Å². The third kappa shape index (κ3) is 4.52. The van der Waals surface area contributed by atoms with Crippen LogP contribution in [0.3, 0.4) is 0 Å². The molecule has 0 bridgehead atoms. The maximum atomic E-state index is 11.9. The summed E-state index contributed by atoms with van der Waals surface area (Å²) in [6.45, 7) is 2.60. The SMILES string of the molecule is CCN(CCC(=O)O)C(=O)NC1CCC(OC)C1. The van der Waals surface area contributed by atoms with Gasteiger partial charge in [-0.05, 0) is 26.2 Å². The molecule has 0 heterocycles. The number of amides is 2. The fourth-order valence-corrected chi connectivity index (χ4v) is 2.19. The molecule has 0 spiro atoms. The topological polar surface area (TPSA) is 78.9 Å². The fourth-order valence-electron chi connectivity index (χ4n) is 2.19. The van der Waals surface area contributed by atoms with Crippen LogP contribution in [0.15, 0.2) is 0 Å². The average Bonchev–Trinajstić information content (AvgIpc) is 2.77. The van der Waals surface area contributed by atoms with Crippen molar-refractivity contribution in [3.8, 4) is 0 Å². The van der Waals surface area contributed by atoms with Crippen molar-refractivity contribution < 1.29 is 19.4 Å². The second kappa shape index (κ2) is 7.20. The van der Waals surface area contributed by atoms with E-state index in [-0.39, 0.29) is 31.1 Å². The molecule has 6 nitrogen and oxygen atoms in total. The van der Waals surface area contributed by atoms with Crippen molar-refractivity contribution in [2.45, 2.75) is 44.8 Å². The zero-order valence-corrected chi connectivity index (χ0v) is 11.0. The lowest BCUT2D eigenvalue weighted by Gasteiger charge is -2.23. The van der Waals surface area contributed by atoms with Crippen molar-refractivity contribution in [2.75, 3.05) is 20.2 Å². The van der Waals surface area contributed by atoms with Gasteiger partial charge in [-0.15, -0.1) is 0 Å². The van der Waals surface area contributed by atoms with E-state index in [4.69, 9.17) is 9.84 Å². The van der Waals surface area contributed by atoms with Crippen LogP contribution in [0.5, 0.6) is 0 Å². The summed E-state index contributed by atoms with van der Waals surface area (Å²) in [4.78, 5) is 23.9. The summed E-state index contributed by atoms with van der Waals surface area (Å²) in [5.74, 6) is -0.887. The van der Waals surface area contributed by atoms with Gasteiger partial charge in [0.1, 0.15) is 0 Å². The molecule has 2 amide bonds. The van der Waals surface area contributed by atoms with Crippen LogP contribution in [0.4, 0.5) is 4.79 Å². The molecule has 0 radical (unpaired) electrons. The summed E-state index contributed by atoms with van der Waals surface area (Å²) < 4.78 is 5.25. The Bertz CT molecular complexity index is 296. The van der Waals surface area contributed by atoms with Crippen molar-refractivity contribution in [2.24, 2.45) is 0 Å². The van der Waals surface area contributed by atoms with Crippen LogP contribution >= 0.6 is 0 Å². The second-order valence-electron chi connectivity index (χ2n) is 4.54. The minimum Gasteiger partial charge on any atom is -0.481 e. The largest absolute Gasteiger partial charge is 0.481 e. The maximum Gasteiger partial charge on any atom is 0.317 e. The van der Waals surface area contributed by atoms with Gasteiger partial charge in [0.25, 0.3) is 0 Å². The lowest BCUT2D eigenvalue weighted by atomic mass is 10.2. The highest BCUT2D eigenvalue weighted by molar-refractivity contribution is 5.75. The predicted octanol–water partition coefficient (Wildman–Crippen LogP) is 1.06. The molecule has 2 unspecified atom stereocenters. The first kappa shape index (κ1) is 14.8. The second-order valence-corrected chi connectivity index (χ2v) is 4.54. The summed E-state index contributed by atoms with van der Waals surface area (Å²) in [5, 5.41) is 11.5.